The highest BCUT2D eigenvalue weighted by Crippen LogP contribution is 2.38. The van der Waals surface area contributed by atoms with Gasteiger partial charge in [-0.1, -0.05) is 18.9 Å². The maximum absolute atomic E-state index is 9.98. The molecule has 1 N–H and O–H groups in total. The molecule has 1 aromatic rings. The quantitative estimate of drug-likeness (QED) is 0.820. The van der Waals surface area contributed by atoms with Crippen LogP contribution >= 0.6 is 0 Å². The van der Waals surface area contributed by atoms with Gasteiger partial charge in [-0.05, 0) is 42.5 Å². The summed E-state index contributed by atoms with van der Waals surface area (Å²) < 4.78 is 5.19. The first-order valence-corrected chi connectivity index (χ1v) is 5.53. The summed E-state index contributed by atoms with van der Waals surface area (Å²) in [4.78, 5) is 0. The normalized spacial score (nSPS) is 17.5. The Labute approximate surface area is 90.9 Å². The molecule has 82 valence electrons. The van der Waals surface area contributed by atoms with Gasteiger partial charge in [0.1, 0.15) is 5.75 Å². The monoisotopic (exact) mass is 206 g/mol. The smallest absolute Gasteiger partial charge is 0.121 e. The van der Waals surface area contributed by atoms with Crippen molar-refractivity contribution in [1.29, 1.82) is 0 Å². The Balaban J connectivity index is 2.09. The summed E-state index contributed by atoms with van der Waals surface area (Å²) in [6.45, 7) is 2.01. The summed E-state index contributed by atoms with van der Waals surface area (Å²) in [5.74, 6) is 1.64. The van der Waals surface area contributed by atoms with Crippen molar-refractivity contribution >= 4 is 0 Å². The van der Waals surface area contributed by atoms with E-state index in [1.807, 2.05) is 25.1 Å². The number of ether oxygens (including phenoxy) is 1. The Bertz CT molecular complexity index is 342. The number of methoxy groups -OCH3 is 1. The zero-order valence-corrected chi connectivity index (χ0v) is 9.36. The van der Waals surface area contributed by atoms with Gasteiger partial charge in [0, 0.05) is 0 Å². The van der Waals surface area contributed by atoms with Crippen LogP contribution < -0.4 is 4.74 Å². The van der Waals surface area contributed by atoms with Crippen molar-refractivity contribution < 1.29 is 9.84 Å². The van der Waals surface area contributed by atoms with Crippen LogP contribution in [0.15, 0.2) is 18.2 Å². The van der Waals surface area contributed by atoms with E-state index in [2.05, 4.69) is 0 Å². The minimum atomic E-state index is -0.304. The molecule has 1 atom stereocenters. The second-order valence-electron chi connectivity index (χ2n) is 4.42. The van der Waals surface area contributed by atoms with E-state index in [4.69, 9.17) is 4.74 Å². The Morgan fingerprint density at radius 3 is 2.73 bits per heavy atom. The Hall–Kier alpha value is -1.02. The molecule has 0 aliphatic heterocycles. The summed E-state index contributed by atoms with van der Waals surface area (Å²) >= 11 is 0. The van der Waals surface area contributed by atoms with Crippen molar-refractivity contribution in [2.45, 2.75) is 32.3 Å². The molecule has 15 heavy (non-hydrogen) atoms. The predicted molar refractivity (Wildman–Crippen MR) is 60.0 cm³/mol. The molecule has 1 saturated carbocycles. The Morgan fingerprint density at radius 2 is 2.20 bits per heavy atom. The van der Waals surface area contributed by atoms with Crippen LogP contribution in [0.2, 0.25) is 0 Å². The molecule has 0 spiro atoms. The maximum Gasteiger partial charge on any atom is 0.121 e. The van der Waals surface area contributed by atoms with E-state index < -0.39 is 0 Å². The molecule has 1 aliphatic rings. The number of rotatable bonds is 4. The first kappa shape index (κ1) is 10.5. The lowest BCUT2D eigenvalue weighted by atomic mass is 10.0. The molecule has 2 heteroatoms. The minimum Gasteiger partial charge on any atom is -0.496 e. The lowest BCUT2D eigenvalue weighted by Gasteiger charge is -2.12. The number of hydrogen-bond acceptors (Lipinski definition) is 2. The summed E-state index contributed by atoms with van der Waals surface area (Å²) in [6.07, 6.45) is 3.17. The molecule has 1 unspecified atom stereocenters. The largest absolute Gasteiger partial charge is 0.496 e. The van der Waals surface area contributed by atoms with Gasteiger partial charge in [0.15, 0.2) is 0 Å². The molecular weight excluding hydrogens is 188 g/mol. The van der Waals surface area contributed by atoms with Crippen LogP contribution in [0.5, 0.6) is 5.75 Å². The van der Waals surface area contributed by atoms with E-state index in [1.165, 1.54) is 12.8 Å². The summed E-state index contributed by atoms with van der Waals surface area (Å²) in [5.41, 5.74) is 2.10. The SMILES string of the molecule is COc1ccc(C(O)CC2CC2)cc1C. The molecule has 1 aromatic carbocycles. The van der Waals surface area contributed by atoms with E-state index >= 15 is 0 Å². The highest BCUT2D eigenvalue weighted by atomic mass is 16.5. The van der Waals surface area contributed by atoms with Crippen molar-refractivity contribution in [2.75, 3.05) is 7.11 Å². The average molecular weight is 206 g/mol. The fourth-order valence-electron chi connectivity index (χ4n) is 1.91. The molecule has 2 rings (SSSR count). The zero-order chi connectivity index (χ0) is 10.8. The third kappa shape index (κ3) is 2.51. The first-order valence-electron chi connectivity index (χ1n) is 5.53. The Morgan fingerprint density at radius 1 is 1.47 bits per heavy atom. The van der Waals surface area contributed by atoms with Crippen molar-refractivity contribution in [3.05, 3.63) is 29.3 Å². The van der Waals surface area contributed by atoms with Crippen LogP contribution in [0.3, 0.4) is 0 Å². The lowest BCUT2D eigenvalue weighted by Crippen LogP contribution is -1.99. The third-order valence-electron chi connectivity index (χ3n) is 3.06. The molecule has 0 heterocycles. The molecule has 1 fully saturated rings. The van der Waals surface area contributed by atoms with Crippen molar-refractivity contribution in [1.82, 2.24) is 0 Å². The summed E-state index contributed by atoms with van der Waals surface area (Å²) in [5, 5.41) is 9.98. The van der Waals surface area contributed by atoms with Gasteiger partial charge in [0.25, 0.3) is 0 Å². The Kier molecular flexibility index (Phi) is 2.96. The summed E-state index contributed by atoms with van der Waals surface area (Å²) in [6, 6.07) is 5.91. The molecule has 0 saturated heterocycles. The van der Waals surface area contributed by atoms with Gasteiger partial charge in [-0.2, -0.15) is 0 Å². The number of aliphatic hydroxyl groups is 1. The van der Waals surface area contributed by atoms with Gasteiger partial charge in [-0.25, -0.2) is 0 Å². The van der Waals surface area contributed by atoms with Gasteiger partial charge in [-0.3, -0.25) is 0 Å². The van der Waals surface area contributed by atoms with Crippen molar-refractivity contribution in [2.24, 2.45) is 5.92 Å². The first-order chi connectivity index (χ1) is 7.20. The molecule has 2 nitrogen and oxygen atoms in total. The van der Waals surface area contributed by atoms with Gasteiger partial charge in [-0.15, -0.1) is 0 Å². The van der Waals surface area contributed by atoms with E-state index in [0.29, 0.717) is 0 Å². The lowest BCUT2D eigenvalue weighted by molar-refractivity contribution is 0.160. The second-order valence-corrected chi connectivity index (χ2v) is 4.42. The number of benzene rings is 1. The summed E-state index contributed by atoms with van der Waals surface area (Å²) in [7, 11) is 1.67. The van der Waals surface area contributed by atoms with E-state index in [9.17, 15) is 5.11 Å². The molecule has 0 amide bonds. The van der Waals surface area contributed by atoms with Crippen LogP contribution in [-0.2, 0) is 0 Å². The van der Waals surface area contributed by atoms with Crippen LogP contribution in [0.1, 0.15) is 36.5 Å². The topological polar surface area (TPSA) is 29.5 Å². The molecule has 0 aromatic heterocycles. The van der Waals surface area contributed by atoms with E-state index in [0.717, 1.165) is 29.2 Å². The van der Waals surface area contributed by atoms with E-state index in [-0.39, 0.29) is 6.10 Å². The van der Waals surface area contributed by atoms with Crippen LogP contribution in [0.4, 0.5) is 0 Å². The van der Waals surface area contributed by atoms with Gasteiger partial charge in [0.2, 0.25) is 0 Å². The van der Waals surface area contributed by atoms with Crippen LogP contribution in [0.25, 0.3) is 0 Å². The number of aryl methyl sites for hydroxylation is 1. The predicted octanol–water partition coefficient (Wildman–Crippen LogP) is 2.84. The molecular formula is C13H18O2. The van der Waals surface area contributed by atoms with Crippen LogP contribution in [-0.4, -0.2) is 12.2 Å². The fraction of sp³-hybridized carbons (Fsp3) is 0.538. The van der Waals surface area contributed by atoms with Crippen molar-refractivity contribution in [3.63, 3.8) is 0 Å². The molecule has 0 radical (unpaired) electrons. The van der Waals surface area contributed by atoms with Crippen LogP contribution in [0, 0.1) is 12.8 Å². The second kappa shape index (κ2) is 4.23. The highest BCUT2D eigenvalue weighted by molar-refractivity contribution is 5.37. The molecule has 0 bridgehead atoms. The average Bonchev–Trinajstić information content (AvgIpc) is 3.01. The van der Waals surface area contributed by atoms with Gasteiger partial charge >= 0.3 is 0 Å². The van der Waals surface area contributed by atoms with Gasteiger partial charge in [0.05, 0.1) is 13.2 Å². The highest BCUT2D eigenvalue weighted by Gasteiger charge is 2.25. The van der Waals surface area contributed by atoms with Gasteiger partial charge < -0.3 is 9.84 Å². The third-order valence-corrected chi connectivity index (χ3v) is 3.06. The standard InChI is InChI=1S/C13H18O2/c1-9-7-11(5-6-13(9)15-2)12(14)8-10-3-4-10/h5-7,10,12,14H,3-4,8H2,1-2H3. The maximum atomic E-state index is 9.98. The molecule has 1 aliphatic carbocycles. The number of aliphatic hydroxyl groups excluding tert-OH is 1. The van der Waals surface area contributed by atoms with E-state index in [1.54, 1.807) is 7.11 Å². The number of hydrogen-bond donors (Lipinski definition) is 1. The van der Waals surface area contributed by atoms with Crippen molar-refractivity contribution in [3.8, 4) is 5.75 Å². The fourth-order valence-corrected chi connectivity index (χ4v) is 1.91. The minimum absolute atomic E-state index is 0.304. The zero-order valence-electron chi connectivity index (χ0n) is 9.36.